The minimum Gasteiger partial charge on any atom is -0.491 e. The average molecular weight is 371 g/mol. The van der Waals surface area contributed by atoms with E-state index in [-0.39, 0.29) is 5.82 Å². The predicted molar refractivity (Wildman–Crippen MR) is 114 cm³/mol. The van der Waals surface area contributed by atoms with Crippen molar-refractivity contribution in [2.24, 2.45) is 0 Å². The minimum absolute atomic E-state index is 0.275. The molecule has 2 aromatic rings. The maximum atomic E-state index is 14.3. The molecule has 0 amide bonds. The first-order valence-electron chi connectivity index (χ1n) is 10.8. The molecule has 0 atom stereocenters. The van der Waals surface area contributed by atoms with E-state index in [4.69, 9.17) is 4.74 Å². The van der Waals surface area contributed by atoms with Gasteiger partial charge in [-0.2, -0.15) is 0 Å². The van der Waals surface area contributed by atoms with Crippen molar-refractivity contribution in [3.05, 3.63) is 53.8 Å². The van der Waals surface area contributed by atoms with Gasteiger partial charge < -0.3 is 4.74 Å². The summed E-state index contributed by atoms with van der Waals surface area (Å²) >= 11 is 0. The molecule has 0 bridgehead atoms. The molecule has 0 heterocycles. The van der Waals surface area contributed by atoms with Gasteiger partial charge in [-0.1, -0.05) is 89.1 Å². The van der Waals surface area contributed by atoms with Gasteiger partial charge in [-0.15, -0.1) is 0 Å². The summed E-state index contributed by atoms with van der Waals surface area (Å²) in [6.07, 6.45) is 12.2. The first kappa shape index (κ1) is 21.5. The third kappa shape index (κ3) is 7.74. The molecule has 0 aromatic heterocycles. The lowest BCUT2D eigenvalue weighted by molar-refractivity contribution is 0.290. The molecule has 0 N–H and O–H groups in total. The fraction of sp³-hybridized carbons (Fsp3) is 0.520. The monoisotopic (exact) mass is 370 g/mol. The van der Waals surface area contributed by atoms with E-state index in [2.05, 4.69) is 38.1 Å². The van der Waals surface area contributed by atoms with Gasteiger partial charge in [0, 0.05) is 0 Å². The summed E-state index contributed by atoms with van der Waals surface area (Å²) in [7, 11) is 0. The summed E-state index contributed by atoms with van der Waals surface area (Å²) in [4.78, 5) is 0. The third-order valence-corrected chi connectivity index (χ3v) is 5.04. The van der Waals surface area contributed by atoms with E-state index < -0.39 is 0 Å². The zero-order valence-corrected chi connectivity index (χ0v) is 17.1. The number of halogens is 1. The lowest BCUT2D eigenvalue weighted by Gasteiger charge is -2.09. The van der Waals surface area contributed by atoms with E-state index in [1.54, 1.807) is 12.1 Å². The molecule has 0 saturated heterocycles. The quantitative estimate of drug-likeness (QED) is 0.325. The highest BCUT2D eigenvalue weighted by Gasteiger charge is 2.07. The van der Waals surface area contributed by atoms with Crippen molar-refractivity contribution < 1.29 is 9.13 Å². The maximum Gasteiger partial charge on any atom is 0.165 e. The Hall–Kier alpha value is -1.83. The largest absolute Gasteiger partial charge is 0.491 e. The summed E-state index contributed by atoms with van der Waals surface area (Å²) in [5, 5.41) is 0. The highest BCUT2D eigenvalue weighted by Crippen LogP contribution is 2.26. The summed E-state index contributed by atoms with van der Waals surface area (Å²) in [6.45, 7) is 5.01. The van der Waals surface area contributed by atoms with Gasteiger partial charge in [0.15, 0.2) is 11.6 Å². The Labute approximate surface area is 165 Å². The summed E-state index contributed by atoms with van der Waals surface area (Å²) in [5.41, 5.74) is 3.32. The molecule has 0 aliphatic rings. The Morgan fingerprint density at radius 3 is 2.00 bits per heavy atom. The van der Waals surface area contributed by atoms with Gasteiger partial charge in [-0.05, 0) is 48.1 Å². The smallest absolute Gasteiger partial charge is 0.165 e. The van der Waals surface area contributed by atoms with Crippen molar-refractivity contribution in [3.8, 4) is 16.9 Å². The van der Waals surface area contributed by atoms with E-state index in [1.165, 1.54) is 50.5 Å². The molecule has 0 aliphatic heterocycles. The molecule has 0 fully saturated rings. The highest BCUT2D eigenvalue weighted by molar-refractivity contribution is 5.64. The second-order valence-corrected chi connectivity index (χ2v) is 7.42. The van der Waals surface area contributed by atoms with Crippen LogP contribution in [0.15, 0.2) is 42.5 Å². The second-order valence-electron chi connectivity index (χ2n) is 7.42. The Balaban J connectivity index is 1.85. The molecule has 0 aliphatic carbocycles. The van der Waals surface area contributed by atoms with Crippen LogP contribution in [0.5, 0.6) is 5.75 Å². The van der Waals surface area contributed by atoms with E-state index in [9.17, 15) is 4.39 Å². The van der Waals surface area contributed by atoms with E-state index in [0.29, 0.717) is 12.4 Å². The normalized spacial score (nSPS) is 10.9. The number of rotatable bonds is 13. The number of aryl methyl sites for hydroxylation is 1. The van der Waals surface area contributed by atoms with Crippen LogP contribution >= 0.6 is 0 Å². The van der Waals surface area contributed by atoms with Crippen molar-refractivity contribution >= 4 is 0 Å². The lowest BCUT2D eigenvalue weighted by Crippen LogP contribution is -1.99. The number of benzene rings is 2. The lowest BCUT2D eigenvalue weighted by atomic mass is 10.0. The van der Waals surface area contributed by atoms with Crippen molar-refractivity contribution in [1.82, 2.24) is 0 Å². The van der Waals surface area contributed by atoms with Crippen LogP contribution in [0.2, 0.25) is 0 Å². The molecule has 0 saturated carbocycles. The van der Waals surface area contributed by atoms with Crippen LogP contribution in [-0.2, 0) is 6.42 Å². The Bertz CT molecular complexity index is 648. The number of hydrogen-bond acceptors (Lipinski definition) is 1. The Kier molecular flexibility index (Phi) is 9.97. The molecule has 1 nitrogen and oxygen atoms in total. The van der Waals surface area contributed by atoms with E-state index >= 15 is 0 Å². The zero-order valence-electron chi connectivity index (χ0n) is 17.1. The fourth-order valence-electron chi connectivity index (χ4n) is 3.30. The first-order valence-corrected chi connectivity index (χ1v) is 10.8. The average Bonchev–Trinajstić information content (AvgIpc) is 2.69. The van der Waals surface area contributed by atoms with Gasteiger partial charge in [-0.3, -0.25) is 0 Å². The molecule has 2 rings (SSSR count). The van der Waals surface area contributed by atoms with Crippen molar-refractivity contribution in [1.29, 1.82) is 0 Å². The highest BCUT2D eigenvalue weighted by atomic mass is 19.1. The van der Waals surface area contributed by atoms with Gasteiger partial charge in [0.05, 0.1) is 6.61 Å². The van der Waals surface area contributed by atoms with Crippen LogP contribution < -0.4 is 4.74 Å². The van der Waals surface area contributed by atoms with Crippen LogP contribution in [-0.4, -0.2) is 6.61 Å². The van der Waals surface area contributed by atoms with E-state index in [1.807, 2.05) is 6.07 Å². The van der Waals surface area contributed by atoms with Crippen molar-refractivity contribution in [3.63, 3.8) is 0 Å². The third-order valence-electron chi connectivity index (χ3n) is 5.04. The number of hydrogen-bond donors (Lipinski definition) is 0. The molecule has 0 spiro atoms. The van der Waals surface area contributed by atoms with Crippen LogP contribution in [0.25, 0.3) is 11.1 Å². The van der Waals surface area contributed by atoms with Gasteiger partial charge in [-0.25, -0.2) is 4.39 Å². The fourth-order valence-corrected chi connectivity index (χ4v) is 3.30. The van der Waals surface area contributed by atoms with Gasteiger partial charge in [0.1, 0.15) is 0 Å². The minimum atomic E-state index is -0.275. The summed E-state index contributed by atoms with van der Waals surface area (Å²) in [6, 6.07) is 13.8. The van der Waals surface area contributed by atoms with Crippen LogP contribution in [0, 0.1) is 5.82 Å². The first-order chi connectivity index (χ1) is 13.2. The molecule has 2 heteroatoms. The number of unbranched alkanes of at least 4 members (excludes halogenated alkanes) is 7. The van der Waals surface area contributed by atoms with Crippen LogP contribution in [0.1, 0.15) is 77.2 Å². The van der Waals surface area contributed by atoms with Crippen molar-refractivity contribution in [2.75, 3.05) is 6.61 Å². The number of ether oxygens (including phenoxy) is 1. The standard InChI is InChI=1S/C25H35FO/c1-3-5-7-9-10-12-21-13-15-22(16-14-21)23-17-18-25(24(26)20-23)27-19-11-8-6-4-2/h13-18,20H,3-12,19H2,1-2H3. The SMILES string of the molecule is CCCCCCCc1ccc(-c2ccc(OCCCCCC)c(F)c2)cc1. The van der Waals surface area contributed by atoms with Crippen LogP contribution in [0.3, 0.4) is 0 Å². The molecule has 2 aromatic carbocycles. The molecule has 0 radical (unpaired) electrons. The predicted octanol–water partition coefficient (Wildman–Crippen LogP) is 7.96. The molecule has 27 heavy (non-hydrogen) atoms. The molecular weight excluding hydrogens is 335 g/mol. The topological polar surface area (TPSA) is 9.23 Å². The molecule has 0 unspecified atom stereocenters. The molecule has 148 valence electrons. The van der Waals surface area contributed by atoms with E-state index in [0.717, 1.165) is 30.4 Å². The van der Waals surface area contributed by atoms with Gasteiger partial charge in [0.2, 0.25) is 0 Å². The van der Waals surface area contributed by atoms with Gasteiger partial charge >= 0.3 is 0 Å². The molecular formula is C25H35FO. The Morgan fingerprint density at radius 2 is 1.33 bits per heavy atom. The zero-order chi connectivity index (χ0) is 19.3. The second kappa shape index (κ2) is 12.5. The van der Waals surface area contributed by atoms with Crippen LogP contribution in [0.4, 0.5) is 4.39 Å². The summed E-state index contributed by atoms with van der Waals surface area (Å²) in [5.74, 6) is 0.0851. The Morgan fingerprint density at radius 1 is 0.704 bits per heavy atom. The van der Waals surface area contributed by atoms with Gasteiger partial charge in [0.25, 0.3) is 0 Å². The maximum absolute atomic E-state index is 14.3. The van der Waals surface area contributed by atoms with Crippen molar-refractivity contribution in [2.45, 2.75) is 78.1 Å². The summed E-state index contributed by atoms with van der Waals surface area (Å²) < 4.78 is 19.9.